The third-order valence-electron chi connectivity index (χ3n) is 3.29. The highest BCUT2D eigenvalue weighted by molar-refractivity contribution is 5.44. The number of morpholine rings is 1. The lowest BCUT2D eigenvalue weighted by molar-refractivity contribution is 0.0342. The largest absolute Gasteiger partial charge is 0.385 e. The van der Waals surface area contributed by atoms with Crippen molar-refractivity contribution in [2.75, 3.05) is 38.2 Å². The van der Waals surface area contributed by atoms with Crippen LogP contribution in [0.5, 0.6) is 0 Å². The Morgan fingerprint density at radius 1 is 1.11 bits per heavy atom. The lowest BCUT2D eigenvalue weighted by atomic mass is 9.97. The van der Waals surface area contributed by atoms with Crippen molar-refractivity contribution in [2.24, 2.45) is 5.41 Å². The molecule has 0 saturated carbocycles. The summed E-state index contributed by atoms with van der Waals surface area (Å²) in [4.78, 5) is 2.45. The average molecular weight is 262 g/mol. The summed E-state index contributed by atoms with van der Waals surface area (Å²) in [5.41, 5.74) is 2.90. The smallest absolute Gasteiger partial charge is 0.0594 e. The van der Waals surface area contributed by atoms with E-state index in [1.54, 1.807) is 0 Å². The Balaban J connectivity index is 1.83. The number of ether oxygens (including phenoxy) is 1. The van der Waals surface area contributed by atoms with E-state index in [-0.39, 0.29) is 0 Å². The normalized spacial score (nSPS) is 17.4. The molecule has 1 aromatic rings. The molecule has 1 saturated heterocycles. The van der Waals surface area contributed by atoms with E-state index in [1.807, 2.05) is 0 Å². The second kappa shape index (κ2) is 6.40. The van der Waals surface area contributed by atoms with Gasteiger partial charge in [-0.1, -0.05) is 32.9 Å². The minimum absolute atomic E-state index is 0.312. The number of nitrogens with zero attached hydrogens (tertiary/aromatic N) is 1. The standard InChI is InChI=1S/C16H26N2O/c1-16(2,3)13-17-15-6-4-14(5-7-15)12-18-8-10-19-11-9-18/h4-7,17H,8-13H2,1-3H3. The molecule has 2 rings (SSSR count). The third kappa shape index (κ3) is 5.21. The van der Waals surface area contributed by atoms with Crippen molar-refractivity contribution in [3.63, 3.8) is 0 Å². The molecule has 1 aromatic carbocycles. The van der Waals surface area contributed by atoms with Crippen LogP contribution >= 0.6 is 0 Å². The first-order valence-electron chi connectivity index (χ1n) is 7.16. The maximum Gasteiger partial charge on any atom is 0.0594 e. The Morgan fingerprint density at radius 2 is 1.74 bits per heavy atom. The fraction of sp³-hybridized carbons (Fsp3) is 0.625. The Morgan fingerprint density at radius 3 is 2.32 bits per heavy atom. The summed E-state index contributed by atoms with van der Waals surface area (Å²) in [7, 11) is 0. The van der Waals surface area contributed by atoms with Crippen molar-refractivity contribution in [3.8, 4) is 0 Å². The van der Waals surface area contributed by atoms with Crippen LogP contribution in [0.15, 0.2) is 24.3 Å². The molecule has 0 radical (unpaired) electrons. The van der Waals surface area contributed by atoms with Crippen LogP contribution in [-0.2, 0) is 11.3 Å². The summed E-state index contributed by atoms with van der Waals surface area (Å²) in [6.45, 7) is 12.6. The molecule has 0 unspecified atom stereocenters. The van der Waals surface area contributed by atoms with Crippen molar-refractivity contribution < 1.29 is 4.74 Å². The van der Waals surface area contributed by atoms with Gasteiger partial charge >= 0.3 is 0 Å². The average Bonchev–Trinajstić information content (AvgIpc) is 2.38. The molecular weight excluding hydrogens is 236 g/mol. The van der Waals surface area contributed by atoms with Crippen LogP contribution in [0.1, 0.15) is 26.3 Å². The molecule has 0 amide bonds. The summed E-state index contributed by atoms with van der Waals surface area (Å²) in [6, 6.07) is 8.81. The van der Waals surface area contributed by atoms with Gasteiger partial charge in [-0.2, -0.15) is 0 Å². The summed E-state index contributed by atoms with van der Waals surface area (Å²) in [6.07, 6.45) is 0. The van der Waals surface area contributed by atoms with Gasteiger partial charge in [0.05, 0.1) is 13.2 Å². The fourth-order valence-electron chi connectivity index (χ4n) is 2.11. The van der Waals surface area contributed by atoms with Gasteiger partial charge in [-0.15, -0.1) is 0 Å². The van der Waals surface area contributed by atoms with Crippen molar-refractivity contribution in [1.82, 2.24) is 4.90 Å². The summed E-state index contributed by atoms with van der Waals surface area (Å²) in [5.74, 6) is 0. The van der Waals surface area contributed by atoms with Crippen LogP contribution in [0.3, 0.4) is 0 Å². The molecule has 106 valence electrons. The van der Waals surface area contributed by atoms with Gasteiger partial charge in [0, 0.05) is 31.9 Å². The predicted octanol–water partition coefficient (Wildman–Crippen LogP) is 2.98. The van der Waals surface area contributed by atoms with Crippen molar-refractivity contribution >= 4 is 5.69 Å². The van der Waals surface area contributed by atoms with E-state index >= 15 is 0 Å². The quantitative estimate of drug-likeness (QED) is 0.903. The number of hydrogen-bond acceptors (Lipinski definition) is 3. The topological polar surface area (TPSA) is 24.5 Å². The second-order valence-electron chi connectivity index (χ2n) is 6.50. The summed E-state index contributed by atoms with van der Waals surface area (Å²) in [5, 5.41) is 3.48. The molecule has 1 aliphatic rings. The highest BCUT2D eigenvalue weighted by Crippen LogP contribution is 2.16. The van der Waals surface area contributed by atoms with Gasteiger partial charge in [0.2, 0.25) is 0 Å². The molecule has 3 heteroatoms. The molecule has 0 aliphatic carbocycles. The summed E-state index contributed by atoms with van der Waals surface area (Å²) >= 11 is 0. The van der Waals surface area contributed by atoms with Gasteiger partial charge in [0.15, 0.2) is 0 Å². The highest BCUT2D eigenvalue weighted by atomic mass is 16.5. The van der Waals surface area contributed by atoms with Crippen LogP contribution in [0.4, 0.5) is 5.69 Å². The predicted molar refractivity (Wildman–Crippen MR) is 80.5 cm³/mol. The molecule has 0 bridgehead atoms. The first-order chi connectivity index (χ1) is 9.03. The van der Waals surface area contributed by atoms with E-state index in [9.17, 15) is 0 Å². The van der Waals surface area contributed by atoms with Crippen LogP contribution in [0, 0.1) is 5.41 Å². The van der Waals surface area contributed by atoms with Crippen LogP contribution in [0.25, 0.3) is 0 Å². The van der Waals surface area contributed by atoms with Gasteiger partial charge in [-0.25, -0.2) is 0 Å². The maximum absolute atomic E-state index is 5.37. The molecule has 0 aromatic heterocycles. The zero-order chi connectivity index (χ0) is 13.7. The van der Waals surface area contributed by atoms with E-state index < -0.39 is 0 Å². The summed E-state index contributed by atoms with van der Waals surface area (Å²) < 4.78 is 5.37. The number of anilines is 1. The van der Waals surface area contributed by atoms with Crippen molar-refractivity contribution in [2.45, 2.75) is 27.3 Å². The maximum atomic E-state index is 5.37. The van der Waals surface area contributed by atoms with Crippen LogP contribution < -0.4 is 5.32 Å². The Labute approximate surface area is 116 Å². The molecule has 0 atom stereocenters. The molecule has 1 aliphatic heterocycles. The molecule has 1 heterocycles. The number of rotatable bonds is 4. The van der Waals surface area contributed by atoms with E-state index in [1.165, 1.54) is 11.3 Å². The van der Waals surface area contributed by atoms with Crippen molar-refractivity contribution in [3.05, 3.63) is 29.8 Å². The van der Waals surface area contributed by atoms with Gasteiger partial charge < -0.3 is 10.1 Å². The van der Waals surface area contributed by atoms with E-state index in [4.69, 9.17) is 4.74 Å². The second-order valence-corrected chi connectivity index (χ2v) is 6.50. The zero-order valence-corrected chi connectivity index (χ0v) is 12.4. The molecule has 3 nitrogen and oxygen atoms in total. The molecule has 1 fully saturated rings. The third-order valence-corrected chi connectivity index (χ3v) is 3.29. The molecular formula is C16H26N2O. The molecule has 1 N–H and O–H groups in total. The van der Waals surface area contributed by atoms with Crippen molar-refractivity contribution in [1.29, 1.82) is 0 Å². The van der Waals surface area contributed by atoms with E-state index in [0.717, 1.165) is 39.4 Å². The van der Waals surface area contributed by atoms with Crippen LogP contribution in [-0.4, -0.2) is 37.7 Å². The molecule has 0 spiro atoms. The zero-order valence-electron chi connectivity index (χ0n) is 12.4. The van der Waals surface area contributed by atoms with E-state index in [2.05, 4.69) is 55.3 Å². The lowest BCUT2D eigenvalue weighted by Crippen LogP contribution is -2.35. The number of benzene rings is 1. The fourth-order valence-corrected chi connectivity index (χ4v) is 2.11. The van der Waals surface area contributed by atoms with Crippen LogP contribution in [0.2, 0.25) is 0 Å². The van der Waals surface area contributed by atoms with Gasteiger partial charge in [-0.05, 0) is 23.1 Å². The molecule has 19 heavy (non-hydrogen) atoms. The Hall–Kier alpha value is -1.06. The SMILES string of the molecule is CC(C)(C)CNc1ccc(CN2CCOCC2)cc1. The van der Waals surface area contributed by atoms with E-state index in [0.29, 0.717) is 5.41 Å². The first kappa shape index (κ1) is 14.4. The van der Waals surface area contributed by atoms with Gasteiger partial charge in [0.1, 0.15) is 0 Å². The monoisotopic (exact) mass is 262 g/mol. The Kier molecular flexibility index (Phi) is 4.83. The van der Waals surface area contributed by atoms with Gasteiger partial charge in [0.25, 0.3) is 0 Å². The van der Waals surface area contributed by atoms with Gasteiger partial charge in [-0.3, -0.25) is 4.90 Å². The Bertz CT molecular complexity index is 375. The number of hydrogen-bond donors (Lipinski definition) is 1. The first-order valence-corrected chi connectivity index (χ1v) is 7.16. The number of nitrogens with one attached hydrogen (secondary N) is 1. The minimum Gasteiger partial charge on any atom is -0.385 e. The lowest BCUT2D eigenvalue weighted by Gasteiger charge is -2.26. The minimum atomic E-state index is 0.312. The highest BCUT2D eigenvalue weighted by Gasteiger charge is 2.11.